The largest absolute Gasteiger partial charge is 0.271 e. The lowest BCUT2D eigenvalue weighted by Crippen LogP contribution is -2.30. The van der Waals surface area contributed by atoms with Gasteiger partial charge in [-0.1, -0.05) is 23.7 Å². The Hall–Kier alpha value is -1.43. The molecule has 3 N–H and O–H groups in total. The van der Waals surface area contributed by atoms with Crippen molar-refractivity contribution in [2.45, 2.75) is 13.0 Å². The van der Waals surface area contributed by atoms with Gasteiger partial charge in [0.2, 0.25) is 0 Å². The molecule has 0 aliphatic rings. The van der Waals surface area contributed by atoms with Crippen molar-refractivity contribution >= 4 is 11.6 Å². The molecule has 1 aromatic heterocycles. The van der Waals surface area contributed by atoms with Crippen LogP contribution >= 0.6 is 11.6 Å². The highest BCUT2D eigenvalue weighted by atomic mass is 35.5. The van der Waals surface area contributed by atoms with Crippen molar-refractivity contribution in [1.29, 1.82) is 0 Å². The molecule has 2 aromatic rings. The molecule has 0 amide bonds. The summed E-state index contributed by atoms with van der Waals surface area (Å²) in [4.78, 5) is 0. The Kier molecular flexibility index (Phi) is 3.65. The summed E-state index contributed by atoms with van der Waals surface area (Å²) in [5.74, 6) is 5.33. The van der Waals surface area contributed by atoms with E-state index >= 15 is 0 Å². The Morgan fingerprint density at radius 3 is 2.72 bits per heavy atom. The number of benzene rings is 1. The summed E-state index contributed by atoms with van der Waals surface area (Å²) in [6, 6.07) is 4.50. The fourth-order valence-corrected chi connectivity index (χ4v) is 2.20. The second kappa shape index (κ2) is 5.06. The third-order valence-electron chi connectivity index (χ3n) is 2.89. The van der Waals surface area contributed by atoms with E-state index in [9.17, 15) is 4.39 Å². The van der Waals surface area contributed by atoms with Gasteiger partial charge in [-0.05, 0) is 24.1 Å². The molecular weight excluding hydrogens is 255 g/mol. The van der Waals surface area contributed by atoms with Crippen LogP contribution in [0.15, 0.2) is 24.4 Å². The van der Waals surface area contributed by atoms with Gasteiger partial charge in [0.05, 0.1) is 23.0 Å². The van der Waals surface area contributed by atoms with Gasteiger partial charge in [0.25, 0.3) is 0 Å². The van der Waals surface area contributed by atoms with Crippen LogP contribution in [0.2, 0.25) is 5.02 Å². The van der Waals surface area contributed by atoms with E-state index in [1.807, 2.05) is 0 Å². The summed E-state index contributed by atoms with van der Waals surface area (Å²) in [7, 11) is 1.78. The van der Waals surface area contributed by atoms with Gasteiger partial charge in [0, 0.05) is 7.05 Å². The second-order valence-corrected chi connectivity index (χ2v) is 4.52. The van der Waals surface area contributed by atoms with Crippen molar-refractivity contribution in [2.24, 2.45) is 12.9 Å². The fourth-order valence-electron chi connectivity index (χ4n) is 1.93. The van der Waals surface area contributed by atoms with E-state index in [0.717, 1.165) is 11.3 Å². The predicted molar refractivity (Wildman–Crippen MR) is 68.5 cm³/mol. The van der Waals surface area contributed by atoms with Gasteiger partial charge in [0.1, 0.15) is 5.82 Å². The Labute approximate surface area is 110 Å². The molecule has 1 atom stereocenters. The molecule has 4 nitrogen and oxygen atoms in total. The molecular formula is C12H14ClFN4. The maximum Gasteiger partial charge on any atom is 0.126 e. The van der Waals surface area contributed by atoms with E-state index in [1.54, 1.807) is 37.0 Å². The van der Waals surface area contributed by atoms with Crippen molar-refractivity contribution in [1.82, 2.24) is 15.2 Å². The summed E-state index contributed by atoms with van der Waals surface area (Å²) in [5, 5.41) is 4.58. The molecule has 0 saturated carbocycles. The zero-order chi connectivity index (χ0) is 13.3. The average molecular weight is 269 g/mol. The Morgan fingerprint density at radius 2 is 2.22 bits per heavy atom. The fraction of sp³-hybridized carbons (Fsp3) is 0.250. The predicted octanol–water partition coefficient (Wildman–Crippen LogP) is 2.07. The molecule has 96 valence electrons. The van der Waals surface area contributed by atoms with Gasteiger partial charge in [-0.3, -0.25) is 10.5 Å². The number of rotatable bonds is 3. The standard InChI is InChI=1S/C12H14ClFN4/c1-7-5-8(3-4-10(7)14)11(17-15)12-9(13)6-16-18(12)2/h3-6,11,17H,15H2,1-2H3. The number of aryl methyl sites for hydroxylation is 2. The molecule has 0 fully saturated rings. The smallest absolute Gasteiger partial charge is 0.126 e. The molecule has 2 rings (SSSR count). The van der Waals surface area contributed by atoms with Crippen LogP contribution in [-0.4, -0.2) is 9.78 Å². The van der Waals surface area contributed by atoms with E-state index < -0.39 is 0 Å². The van der Waals surface area contributed by atoms with Crippen LogP contribution in [0, 0.1) is 12.7 Å². The van der Waals surface area contributed by atoms with Crippen LogP contribution in [0.4, 0.5) is 4.39 Å². The monoisotopic (exact) mass is 268 g/mol. The lowest BCUT2D eigenvalue weighted by Gasteiger charge is -2.18. The lowest BCUT2D eigenvalue weighted by molar-refractivity contribution is 0.570. The number of nitrogens with two attached hydrogens (primary N) is 1. The van der Waals surface area contributed by atoms with Crippen molar-refractivity contribution in [3.05, 3.63) is 52.1 Å². The molecule has 0 bridgehead atoms. The van der Waals surface area contributed by atoms with Crippen molar-refractivity contribution < 1.29 is 4.39 Å². The minimum absolute atomic E-state index is 0.245. The summed E-state index contributed by atoms with van der Waals surface area (Å²) < 4.78 is 14.9. The second-order valence-electron chi connectivity index (χ2n) is 4.11. The first-order valence-corrected chi connectivity index (χ1v) is 5.82. The van der Waals surface area contributed by atoms with Crippen LogP contribution in [0.25, 0.3) is 0 Å². The van der Waals surface area contributed by atoms with Gasteiger partial charge in [-0.2, -0.15) is 5.10 Å². The summed E-state index contributed by atoms with van der Waals surface area (Å²) in [6.07, 6.45) is 1.55. The topological polar surface area (TPSA) is 55.9 Å². The van der Waals surface area contributed by atoms with Gasteiger partial charge in [-0.25, -0.2) is 9.82 Å². The molecule has 0 aliphatic heterocycles. The molecule has 0 aliphatic carbocycles. The van der Waals surface area contributed by atoms with Crippen molar-refractivity contribution in [2.75, 3.05) is 0 Å². The highest BCUT2D eigenvalue weighted by Crippen LogP contribution is 2.28. The Bertz CT molecular complexity index is 548. The number of nitrogens with one attached hydrogen (secondary N) is 1. The number of aromatic nitrogens is 2. The molecule has 1 unspecified atom stereocenters. The number of hydrogen-bond acceptors (Lipinski definition) is 3. The number of halogens is 2. The zero-order valence-corrected chi connectivity index (χ0v) is 10.9. The van der Waals surface area contributed by atoms with Crippen LogP contribution in [0.5, 0.6) is 0 Å². The summed E-state index contributed by atoms with van der Waals surface area (Å²) in [5.41, 5.74) is 4.82. The number of hydrazine groups is 1. The summed E-state index contributed by atoms with van der Waals surface area (Å²) in [6.45, 7) is 1.71. The SMILES string of the molecule is Cc1cc(C(NN)c2c(Cl)cnn2C)ccc1F. The van der Waals surface area contributed by atoms with E-state index in [2.05, 4.69) is 10.5 Å². The Balaban J connectivity index is 2.48. The minimum Gasteiger partial charge on any atom is -0.271 e. The summed E-state index contributed by atoms with van der Waals surface area (Å²) >= 11 is 6.09. The van der Waals surface area contributed by atoms with Crippen LogP contribution in [0.1, 0.15) is 22.9 Å². The minimum atomic E-state index is -0.329. The normalized spacial score (nSPS) is 12.7. The van der Waals surface area contributed by atoms with Crippen molar-refractivity contribution in [3.8, 4) is 0 Å². The van der Waals surface area contributed by atoms with E-state index in [4.69, 9.17) is 17.4 Å². The van der Waals surface area contributed by atoms with E-state index in [1.165, 1.54) is 6.07 Å². The first kappa shape index (κ1) is 13.0. The van der Waals surface area contributed by atoms with Gasteiger partial charge < -0.3 is 0 Å². The highest BCUT2D eigenvalue weighted by Gasteiger charge is 2.20. The first-order chi connectivity index (χ1) is 8.54. The molecule has 0 saturated heterocycles. The highest BCUT2D eigenvalue weighted by molar-refractivity contribution is 6.31. The first-order valence-electron chi connectivity index (χ1n) is 5.44. The van der Waals surface area contributed by atoms with Crippen LogP contribution in [0.3, 0.4) is 0 Å². The van der Waals surface area contributed by atoms with E-state index in [-0.39, 0.29) is 11.9 Å². The Morgan fingerprint density at radius 1 is 1.50 bits per heavy atom. The zero-order valence-electron chi connectivity index (χ0n) is 10.1. The van der Waals surface area contributed by atoms with Gasteiger partial charge >= 0.3 is 0 Å². The number of nitrogens with zero attached hydrogens (tertiary/aromatic N) is 2. The average Bonchev–Trinajstić information content (AvgIpc) is 2.66. The molecule has 6 heteroatoms. The lowest BCUT2D eigenvalue weighted by atomic mass is 10.0. The van der Waals surface area contributed by atoms with Gasteiger partial charge in [0.15, 0.2) is 0 Å². The van der Waals surface area contributed by atoms with Gasteiger partial charge in [-0.15, -0.1) is 0 Å². The van der Waals surface area contributed by atoms with Crippen LogP contribution < -0.4 is 11.3 Å². The number of hydrogen-bond donors (Lipinski definition) is 2. The third-order valence-corrected chi connectivity index (χ3v) is 3.18. The maximum absolute atomic E-state index is 13.3. The molecule has 18 heavy (non-hydrogen) atoms. The molecule has 1 heterocycles. The van der Waals surface area contributed by atoms with Crippen LogP contribution in [-0.2, 0) is 7.05 Å². The van der Waals surface area contributed by atoms with Crippen molar-refractivity contribution in [3.63, 3.8) is 0 Å². The quantitative estimate of drug-likeness (QED) is 0.662. The molecule has 0 radical (unpaired) electrons. The van der Waals surface area contributed by atoms with E-state index in [0.29, 0.717) is 10.6 Å². The molecule has 1 aromatic carbocycles. The maximum atomic E-state index is 13.3. The molecule has 0 spiro atoms. The third kappa shape index (κ3) is 2.25.